The molecule has 6 heteroatoms. The molecule has 1 unspecified atom stereocenters. The van der Waals surface area contributed by atoms with Crippen molar-refractivity contribution < 1.29 is 19.4 Å². The summed E-state index contributed by atoms with van der Waals surface area (Å²) >= 11 is 0. The van der Waals surface area contributed by atoms with Gasteiger partial charge in [0.1, 0.15) is 5.75 Å². The molecule has 2 aromatic rings. The van der Waals surface area contributed by atoms with E-state index in [1.807, 2.05) is 43.3 Å². The van der Waals surface area contributed by atoms with Crippen LogP contribution in [0.3, 0.4) is 0 Å². The van der Waals surface area contributed by atoms with Gasteiger partial charge >= 0.3 is 5.97 Å². The normalized spacial score (nSPS) is 12.0. The lowest BCUT2D eigenvalue weighted by atomic mass is 10.0. The Kier molecular flexibility index (Phi) is 7.98. The third-order valence-electron chi connectivity index (χ3n) is 3.48. The standard InChI is InChI=1S/C18H23NO4.ClH/c1-13(20)23-18(12-22-9-8-19(2)3)16-5-4-15-11-17(21)7-6-14(15)10-16;/h4-7,10-11,18,21H,8-9,12H2,1-3H3;1H. The third-order valence-corrected chi connectivity index (χ3v) is 3.48. The zero-order valence-corrected chi connectivity index (χ0v) is 15.0. The van der Waals surface area contributed by atoms with Crippen molar-refractivity contribution in [1.82, 2.24) is 4.90 Å². The Labute approximate surface area is 148 Å². The molecular weight excluding hydrogens is 330 g/mol. The molecule has 0 saturated heterocycles. The van der Waals surface area contributed by atoms with Gasteiger partial charge in [-0.1, -0.05) is 18.2 Å². The van der Waals surface area contributed by atoms with Crippen LogP contribution in [0.2, 0.25) is 0 Å². The highest BCUT2D eigenvalue weighted by atomic mass is 35.5. The van der Waals surface area contributed by atoms with Gasteiger partial charge in [0.25, 0.3) is 0 Å². The number of aromatic hydroxyl groups is 1. The average molecular weight is 354 g/mol. The number of phenols is 1. The summed E-state index contributed by atoms with van der Waals surface area (Å²) in [5.74, 6) is -0.106. The van der Waals surface area contributed by atoms with Gasteiger partial charge in [0.2, 0.25) is 0 Å². The summed E-state index contributed by atoms with van der Waals surface area (Å²) in [5.41, 5.74) is 0.878. The number of likely N-dealkylation sites (N-methyl/N-ethyl adjacent to an activating group) is 1. The number of rotatable bonds is 7. The van der Waals surface area contributed by atoms with Gasteiger partial charge in [-0.05, 0) is 48.6 Å². The fourth-order valence-electron chi connectivity index (χ4n) is 2.29. The van der Waals surface area contributed by atoms with Crippen molar-refractivity contribution in [2.75, 3.05) is 33.9 Å². The number of ether oxygens (including phenoxy) is 2. The van der Waals surface area contributed by atoms with Gasteiger partial charge in [0.15, 0.2) is 6.10 Å². The zero-order valence-electron chi connectivity index (χ0n) is 14.2. The quantitative estimate of drug-likeness (QED) is 0.612. The van der Waals surface area contributed by atoms with Gasteiger partial charge in [-0.3, -0.25) is 4.79 Å². The topological polar surface area (TPSA) is 59.0 Å². The molecule has 0 heterocycles. The van der Waals surface area contributed by atoms with Crippen molar-refractivity contribution in [2.45, 2.75) is 13.0 Å². The highest BCUT2D eigenvalue weighted by Gasteiger charge is 2.16. The summed E-state index contributed by atoms with van der Waals surface area (Å²) < 4.78 is 11.0. The molecule has 0 aliphatic rings. The first-order valence-electron chi connectivity index (χ1n) is 7.58. The number of esters is 1. The van der Waals surface area contributed by atoms with Crippen LogP contribution in [-0.4, -0.2) is 49.8 Å². The van der Waals surface area contributed by atoms with E-state index in [1.165, 1.54) is 6.92 Å². The number of fused-ring (bicyclic) bond motifs is 1. The molecule has 1 atom stereocenters. The lowest BCUT2D eigenvalue weighted by Gasteiger charge is -2.19. The first-order chi connectivity index (χ1) is 11.0. The maximum atomic E-state index is 11.4. The second kappa shape index (κ2) is 9.47. The number of carbonyl (C=O) groups excluding carboxylic acids is 1. The summed E-state index contributed by atoms with van der Waals surface area (Å²) in [4.78, 5) is 13.4. The Morgan fingerprint density at radius 1 is 1.17 bits per heavy atom. The van der Waals surface area contributed by atoms with Crippen molar-refractivity contribution in [3.05, 3.63) is 42.0 Å². The van der Waals surface area contributed by atoms with Crippen molar-refractivity contribution in [1.29, 1.82) is 0 Å². The predicted octanol–water partition coefficient (Wildman–Crippen LogP) is 3.15. The molecule has 0 saturated carbocycles. The second-order valence-corrected chi connectivity index (χ2v) is 5.77. The molecule has 0 amide bonds. The van der Waals surface area contributed by atoms with E-state index in [-0.39, 0.29) is 24.1 Å². The summed E-state index contributed by atoms with van der Waals surface area (Å²) in [6.07, 6.45) is -0.437. The fourth-order valence-corrected chi connectivity index (χ4v) is 2.29. The molecule has 0 aliphatic carbocycles. The number of hydrogen-bond acceptors (Lipinski definition) is 5. The SMILES string of the molecule is CC(=O)OC(COCCN(C)C)c1ccc2cc(O)ccc2c1.Cl. The van der Waals surface area contributed by atoms with E-state index in [1.54, 1.807) is 12.1 Å². The number of carbonyl (C=O) groups is 1. The molecule has 0 radical (unpaired) electrons. The first kappa shape index (κ1) is 20.2. The minimum absolute atomic E-state index is 0. The maximum absolute atomic E-state index is 11.4. The van der Waals surface area contributed by atoms with E-state index in [4.69, 9.17) is 9.47 Å². The first-order valence-corrected chi connectivity index (χ1v) is 7.58. The second-order valence-electron chi connectivity index (χ2n) is 5.77. The van der Waals surface area contributed by atoms with Gasteiger partial charge in [-0.15, -0.1) is 12.4 Å². The molecule has 0 aliphatic heterocycles. The summed E-state index contributed by atoms with van der Waals surface area (Å²) in [6, 6.07) is 10.9. The van der Waals surface area contributed by atoms with Crippen LogP contribution in [-0.2, 0) is 14.3 Å². The van der Waals surface area contributed by atoms with Crippen LogP contribution in [0.15, 0.2) is 36.4 Å². The molecule has 2 aromatic carbocycles. The van der Waals surface area contributed by atoms with Gasteiger partial charge in [-0.2, -0.15) is 0 Å². The Balaban J connectivity index is 0.00000288. The molecule has 0 bridgehead atoms. The molecule has 24 heavy (non-hydrogen) atoms. The van der Waals surface area contributed by atoms with Crippen LogP contribution in [0.4, 0.5) is 0 Å². The largest absolute Gasteiger partial charge is 0.508 e. The maximum Gasteiger partial charge on any atom is 0.303 e. The average Bonchev–Trinajstić information content (AvgIpc) is 2.49. The Bertz CT molecular complexity index is 675. The van der Waals surface area contributed by atoms with Gasteiger partial charge in [0, 0.05) is 13.5 Å². The van der Waals surface area contributed by atoms with Gasteiger partial charge in [0.05, 0.1) is 13.2 Å². The van der Waals surface area contributed by atoms with Crippen molar-refractivity contribution >= 4 is 29.1 Å². The van der Waals surface area contributed by atoms with Gasteiger partial charge in [-0.25, -0.2) is 0 Å². The summed E-state index contributed by atoms with van der Waals surface area (Å²) in [6.45, 7) is 3.10. The van der Waals surface area contributed by atoms with Crippen molar-refractivity contribution in [3.8, 4) is 5.75 Å². The van der Waals surface area contributed by atoms with Crippen LogP contribution in [0.1, 0.15) is 18.6 Å². The highest BCUT2D eigenvalue weighted by molar-refractivity contribution is 5.85. The van der Waals surface area contributed by atoms with Crippen LogP contribution in [0.5, 0.6) is 5.75 Å². The zero-order chi connectivity index (χ0) is 16.8. The highest BCUT2D eigenvalue weighted by Crippen LogP contribution is 2.25. The fraction of sp³-hybridized carbons (Fsp3) is 0.389. The minimum atomic E-state index is -0.437. The van der Waals surface area contributed by atoms with E-state index in [0.29, 0.717) is 13.2 Å². The van der Waals surface area contributed by atoms with Crippen LogP contribution >= 0.6 is 12.4 Å². The Morgan fingerprint density at radius 2 is 1.83 bits per heavy atom. The van der Waals surface area contributed by atoms with Crippen LogP contribution in [0, 0.1) is 0 Å². The predicted molar refractivity (Wildman–Crippen MR) is 96.7 cm³/mol. The van der Waals surface area contributed by atoms with E-state index in [0.717, 1.165) is 22.9 Å². The molecule has 132 valence electrons. The van der Waals surface area contributed by atoms with Gasteiger partial charge < -0.3 is 19.5 Å². The van der Waals surface area contributed by atoms with E-state index < -0.39 is 6.10 Å². The molecule has 5 nitrogen and oxygen atoms in total. The lowest BCUT2D eigenvalue weighted by Crippen LogP contribution is -2.21. The molecule has 1 N–H and O–H groups in total. The summed E-state index contributed by atoms with van der Waals surface area (Å²) in [7, 11) is 3.96. The number of halogens is 1. The van der Waals surface area contributed by atoms with E-state index in [9.17, 15) is 9.90 Å². The van der Waals surface area contributed by atoms with Crippen LogP contribution < -0.4 is 0 Å². The Hall–Kier alpha value is -1.82. The molecule has 0 fully saturated rings. The Morgan fingerprint density at radius 3 is 2.50 bits per heavy atom. The summed E-state index contributed by atoms with van der Waals surface area (Å²) in [5, 5.41) is 11.4. The molecule has 2 rings (SSSR count). The van der Waals surface area contributed by atoms with Crippen molar-refractivity contribution in [2.24, 2.45) is 0 Å². The lowest BCUT2D eigenvalue weighted by molar-refractivity contribution is -0.150. The van der Waals surface area contributed by atoms with Crippen molar-refractivity contribution in [3.63, 3.8) is 0 Å². The third kappa shape index (κ3) is 6.00. The smallest absolute Gasteiger partial charge is 0.303 e. The molecular formula is C18H24ClNO4. The molecule has 0 spiro atoms. The minimum Gasteiger partial charge on any atom is -0.508 e. The molecule has 0 aromatic heterocycles. The monoisotopic (exact) mass is 353 g/mol. The number of phenolic OH excluding ortho intramolecular Hbond substituents is 1. The number of benzene rings is 2. The van der Waals surface area contributed by atoms with E-state index >= 15 is 0 Å². The number of hydrogen-bond donors (Lipinski definition) is 1. The van der Waals surface area contributed by atoms with Crippen LogP contribution in [0.25, 0.3) is 10.8 Å². The van der Waals surface area contributed by atoms with E-state index in [2.05, 4.69) is 0 Å². The number of nitrogens with zero attached hydrogens (tertiary/aromatic N) is 1.